The van der Waals surface area contributed by atoms with Gasteiger partial charge >= 0.3 is 0 Å². The molecule has 1 saturated heterocycles. The van der Waals surface area contributed by atoms with E-state index in [0.29, 0.717) is 29.2 Å². The van der Waals surface area contributed by atoms with E-state index in [1.807, 2.05) is 26.2 Å². The van der Waals surface area contributed by atoms with E-state index in [1.54, 1.807) is 28.7 Å². The molecular formula is C22H29N7O5. The SMILES string of the molecule is COc1ccc(C[C@H](N)C(=O)N[C@@H]2[C@H](O)[C@@H](n3cnc4c(N(C)C)ncnc43)O[C@H]2CO)cc1. The highest BCUT2D eigenvalue weighted by molar-refractivity contribution is 5.83. The van der Waals surface area contributed by atoms with Gasteiger partial charge in [0.05, 0.1) is 32.1 Å². The van der Waals surface area contributed by atoms with Gasteiger partial charge in [0.2, 0.25) is 5.91 Å². The number of anilines is 1. The smallest absolute Gasteiger partial charge is 0.237 e. The van der Waals surface area contributed by atoms with Crippen molar-refractivity contribution in [3.8, 4) is 5.75 Å². The van der Waals surface area contributed by atoms with Gasteiger partial charge in [0.15, 0.2) is 23.2 Å². The van der Waals surface area contributed by atoms with Crippen LogP contribution in [0.25, 0.3) is 11.2 Å². The van der Waals surface area contributed by atoms with Gasteiger partial charge in [-0.2, -0.15) is 0 Å². The molecule has 12 heteroatoms. The summed E-state index contributed by atoms with van der Waals surface area (Å²) < 4.78 is 12.6. The number of hydrogen-bond donors (Lipinski definition) is 4. The second-order valence-electron chi connectivity index (χ2n) is 8.35. The minimum Gasteiger partial charge on any atom is -0.497 e. The maximum atomic E-state index is 12.8. The lowest BCUT2D eigenvalue weighted by molar-refractivity contribution is -0.124. The van der Waals surface area contributed by atoms with Crippen molar-refractivity contribution >= 4 is 22.9 Å². The number of nitrogens with zero attached hydrogens (tertiary/aromatic N) is 5. The molecule has 182 valence electrons. The van der Waals surface area contributed by atoms with Crippen LogP contribution in [0.4, 0.5) is 5.82 Å². The van der Waals surface area contributed by atoms with Crippen molar-refractivity contribution in [2.24, 2.45) is 5.73 Å². The van der Waals surface area contributed by atoms with E-state index in [4.69, 9.17) is 15.2 Å². The number of methoxy groups -OCH3 is 1. The van der Waals surface area contributed by atoms with Crippen molar-refractivity contribution in [2.45, 2.75) is 36.9 Å². The normalized spacial score (nSPS) is 23.1. The van der Waals surface area contributed by atoms with Gasteiger partial charge in [0.25, 0.3) is 0 Å². The van der Waals surface area contributed by atoms with Crippen LogP contribution in [0.5, 0.6) is 5.75 Å². The first-order valence-electron chi connectivity index (χ1n) is 10.8. The van der Waals surface area contributed by atoms with Gasteiger partial charge in [-0.3, -0.25) is 9.36 Å². The van der Waals surface area contributed by atoms with Crippen molar-refractivity contribution in [3.05, 3.63) is 42.5 Å². The fourth-order valence-corrected chi connectivity index (χ4v) is 4.04. The molecule has 34 heavy (non-hydrogen) atoms. The Kier molecular flexibility index (Phi) is 6.93. The molecule has 0 bridgehead atoms. The van der Waals surface area contributed by atoms with E-state index in [1.165, 1.54) is 12.7 Å². The van der Waals surface area contributed by atoms with E-state index in [-0.39, 0.29) is 0 Å². The molecule has 2 aromatic heterocycles. The first kappa shape index (κ1) is 23.8. The van der Waals surface area contributed by atoms with E-state index in [9.17, 15) is 15.0 Å². The van der Waals surface area contributed by atoms with Gasteiger partial charge in [0.1, 0.15) is 24.3 Å². The molecule has 12 nitrogen and oxygen atoms in total. The summed E-state index contributed by atoms with van der Waals surface area (Å²) in [6.07, 6.45) is 0.250. The molecule has 1 aliphatic heterocycles. The first-order chi connectivity index (χ1) is 16.3. The number of ether oxygens (including phenoxy) is 2. The molecule has 0 aliphatic carbocycles. The number of rotatable bonds is 8. The summed E-state index contributed by atoms with van der Waals surface area (Å²) >= 11 is 0. The number of fused-ring (bicyclic) bond motifs is 1. The first-order valence-corrected chi connectivity index (χ1v) is 10.8. The third-order valence-electron chi connectivity index (χ3n) is 5.85. The number of nitrogens with one attached hydrogen (secondary N) is 1. The Morgan fingerprint density at radius 2 is 2.03 bits per heavy atom. The lowest BCUT2D eigenvalue weighted by Gasteiger charge is -2.23. The zero-order valence-corrected chi connectivity index (χ0v) is 19.2. The molecule has 0 unspecified atom stereocenters. The average molecular weight is 472 g/mol. The van der Waals surface area contributed by atoms with Gasteiger partial charge in [-0.05, 0) is 24.1 Å². The molecular weight excluding hydrogens is 442 g/mol. The number of aliphatic hydroxyl groups excluding tert-OH is 2. The van der Waals surface area contributed by atoms with E-state index in [2.05, 4.69) is 20.3 Å². The van der Waals surface area contributed by atoms with Gasteiger partial charge in [-0.25, -0.2) is 15.0 Å². The minimum absolute atomic E-state index is 0.295. The Morgan fingerprint density at radius 3 is 2.68 bits per heavy atom. The number of carbonyl (C=O) groups excluding carboxylic acids is 1. The Balaban J connectivity index is 1.49. The van der Waals surface area contributed by atoms with Crippen LogP contribution < -0.4 is 20.7 Å². The van der Waals surface area contributed by atoms with Crippen molar-refractivity contribution in [1.29, 1.82) is 0 Å². The van der Waals surface area contributed by atoms with Crippen molar-refractivity contribution in [3.63, 3.8) is 0 Å². The van der Waals surface area contributed by atoms with Crippen molar-refractivity contribution < 1.29 is 24.5 Å². The standard InChI is InChI=1S/C22H29N7O5/c1-28(2)19-17-20(25-10-24-19)29(11-26-17)22-18(31)16(15(9-30)34-22)27-21(32)14(23)8-12-4-6-13(33-3)7-5-12/h4-7,10-11,14-16,18,22,30-31H,8-9,23H2,1-3H3,(H,27,32)/t14-,15-,16-,18-,22-/m0/s1. The van der Waals surface area contributed by atoms with E-state index < -0.39 is 43.0 Å². The van der Waals surface area contributed by atoms with Crippen LogP contribution in [0.15, 0.2) is 36.9 Å². The second kappa shape index (κ2) is 9.89. The molecule has 3 heterocycles. The molecule has 0 spiro atoms. The lowest BCUT2D eigenvalue weighted by atomic mass is 10.0. The number of imidazole rings is 1. The Labute approximate surface area is 196 Å². The van der Waals surface area contributed by atoms with Gasteiger partial charge < -0.3 is 35.6 Å². The summed E-state index contributed by atoms with van der Waals surface area (Å²) in [5.74, 6) is 0.861. The summed E-state index contributed by atoms with van der Waals surface area (Å²) in [4.78, 5) is 27.5. The average Bonchev–Trinajstić information content (AvgIpc) is 3.40. The minimum atomic E-state index is -1.18. The van der Waals surface area contributed by atoms with Crippen LogP contribution in [-0.2, 0) is 16.0 Å². The van der Waals surface area contributed by atoms with Crippen LogP contribution in [0, 0.1) is 0 Å². The van der Waals surface area contributed by atoms with Crippen molar-refractivity contribution in [1.82, 2.24) is 24.8 Å². The molecule has 1 fully saturated rings. The third kappa shape index (κ3) is 4.53. The molecule has 5 atom stereocenters. The maximum Gasteiger partial charge on any atom is 0.237 e. The molecule has 0 radical (unpaired) electrons. The Hall–Kier alpha value is -3.32. The monoisotopic (exact) mass is 471 g/mol. The largest absolute Gasteiger partial charge is 0.497 e. The quantitative estimate of drug-likeness (QED) is 0.328. The third-order valence-corrected chi connectivity index (χ3v) is 5.85. The molecule has 1 aliphatic rings. The fraction of sp³-hybridized carbons (Fsp3) is 0.455. The summed E-state index contributed by atoms with van der Waals surface area (Å²) in [7, 11) is 5.25. The number of aromatic nitrogens is 4. The maximum absolute atomic E-state index is 12.8. The predicted molar refractivity (Wildman–Crippen MR) is 123 cm³/mol. The molecule has 4 rings (SSSR count). The summed E-state index contributed by atoms with van der Waals surface area (Å²) in [6, 6.07) is 5.52. The van der Waals surface area contributed by atoms with E-state index >= 15 is 0 Å². The van der Waals surface area contributed by atoms with Crippen LogP contribution in [0.2, 0.25) is 0 Å². The summed E-state index contributed by atoms with van der Waals surface area (Å²) in [5, 5.41) is 23.6. The number of aliphatic hydroxyl groups is 2. The van der Waals surface area contributed by atoms with Gasteiger partial charge in [-0.15, -0.1) is 0 Å². The van der Waals surface area contributed by atoms with E-state index in [0.717, 1.165) is 5.56 Å². The molecule has 3 aromatic rings. The number of amides is 1. The summed E-state index contributed by atoms with van der Waals surface area (Å²) in [6.45, 7) is -0.406. The van der Waals surface area contributed by atoms with Gasteiger partial charge in [-0.1, -0.05) is 12.1 Å². The Bertz CT molecular complexity index is 1140. The zero-order chi connectivity index (χ0) is 24.4. The fourth-order valence-electron chi connectivity index (χ4n) is 4.04. The Morgan fingerprint density at radius 1 is 1.29 bits per heavy atom. The van der Waals surface area contributed by atoms with Crippen LogP contribution in [0.3, 0.4) is 0 Å². The van der Waals surface area contributed by atoms with Crippen molar-refractivity contribution in [2.75, 3.05) is 32.7 Å². The molecule has 1 aromatic carbocycles. The number of hydrogen-bond acceptors (Lipinski definition) is 10. The number of carbonyl (C=O) groups is 1. The van der Waals surface area contributed by atoms with Crippen LogP contribution in [-0.4, -0.2) is 87.7 Å². The lowest BCUT2D eigenvalue weighted by Crippen LogP contribution is -2.53. The molecule has 0 saturated carbocycles. The second-order valence-corrected chi connectivity index (χ2v) is 8.35. The number of nitrogens with two attached hydrogens (primary N) is 1. The number of benzene rings is 1. The highest BCUT2D eigenvalue weighted by Crippen LogP contribution is 2.32. The predicted octanol–water partition coefficient (Wildman–Crippen LogP) is -0.794. The molecule has 1 amide bonds. The van der Waals surface area contributed by atoms with Crippen LogP contribution >= 0.6 is 0 Å². The zero-order valence-electron chi connectivity index (χ0n) is 19.2. The highest BCUT2D eigenvalue weighted by Gasteiger charge is 2.46. The summed E-state index contributed by atoms with van der Waals surface area (Å²) in [5.41, 5.74) is 7.98. The topological polar surface area (TPSA) is 161 Å². The molecule has 5 N–H and O–H groups in total. The highest BCUT2D eigenvalue weighted by atomic mass is 16.5. The van der Waals surface area contributed by atoms with Crippen LogP contribution in [0.1, 0.15) is 11.8 Å². The van der Waals surface area contributed by atoms with Gasteiger partial charge in [0, 0.05) is 14.1 Å².